The number of fused-ring (bicyclic) bond motifs is 1. The molecular weight excluding hydrogens is 521 g/mol. The molecule has 0 radical (unpaired) electrons. The zero-order chi connectivity index (χ0) is 29.1. The number of methoxy groups -OCH3 is 1. The van der Waals surface area contributed by atoms with Crippen molar-refractivity contribution in [3.8, 4) is 5.75 Å². The summed E-state index contributed by atoms with van der Waals surface area (Å²) in [7, 11) is 1.35. The van der Waals surface area contributed by atoms with Crippen LogP contribution in [-0.4, -0.2) is 38.8 Å². The predicted molar refractivity (Wildman–Crippen MR) is 158 cm³/mol. The van der Waals surface area contributed by atoms with Crippen LogP contribution >= 0.6 is 0 Å². The van der Waals surface area contributed by atoms with Gasteiger partial charge in [0.2, 0.25) is 0 Å². The van der Waals surface area contributed by atoms with Gasteiger partial charge >= 0.3 is 5.97 Å². The largest absolute Gasteiger partial charge is 0.496 e. The molecule has 1 aliphatic carbocycles. The third-order valence-electron chi connectivity index (χ3n) is 7.53. The number of carboxylic acids is 1. The Balaban J connectivity index is 1.66. The first kappa shape index (κ1) is 27.7. The normalized spacial score (nSPS) is 18.7. The molecule has 7 nitrogen and oxygen atoms in total. The molecule has 5 rings (SSSR count). The van der Waals surface area contributed by atoms with Crippen molar-refractivity contribution in [3.05, 3.63) is 119 Å². The van der Waals surface area contributed by atoms with E-state index in [2.05, 4.69) is 15.3 Å². The summed E-state index contributed by atoms with van der Waals surface area (Å²) in [4.78, 5) is 20.7. The van der Waals surface area contributed by atoms with Gasteiger partial charge < -0.3 is 20.3 Å². The van der Waals surface area contributed by atoms with Gasteiger partial charge in [-0.2, -0.15) is 0 Å². The Bertz CT molecular complexity index is 1730. The first-order valence-electron chi connectivity index (χ1n) is 13.1. The molecule has 1 aliphatic rings. The second-order valence-electron chi connectivity index (χ2n) is 10.0. The number of carboxylic acid groups (broad SMARTS) is 1. The van der Waals surface area contributed by atoms with Gasteiger partial charge in [-0.05, 0) is 59.5 Å². The molecule has 0 fully saturated rings. The Labute approximate surface area is 237 Å². The van der Waals surface area contributed by atoms with Gasteiger partial charge in [0.1, 0.15) is 22.7 Å². The number of pyridine rings is 2. The van der Waals surface area contributed by atoms with Gasteiger partial charge in [-0.25, -0.2) is 14.2 Å². The molecule has 2 atom stereocenters. The van der Waals surface area contributed by atoms with Crippen molar-refractivity contribution in [2.24, 2.45) is 5.92 Å². The number of hydrogen-bond donors (Lipinski definition) is 3. The lowest BCUT2D eigenvalue weighted by Crippen LogP contribution is -2.43. The molecule has 0 amide bonds. The Morgan fingerprint density at radius 2 is 1.98 bits per heavy atom. The predicted octanol–water partition coefficient (Wildman–Crippen LogP) is 6.59. The number of aromatic nitrogens is 2. The van der Waals surface area contributed by atoms with Crippen LogP contribution in [0.5, 0.6) is 5.75 Å². The molecule has 4 aromatic rings. The topological polar surface area (TPSA) is 105 Å². The van der Waals surface area contributed by atoms with Crippen molar-refractivity contribution in [2.75, 3.05) is 12.4 Å². The second-order valence-corrected chi connectivity index (χ2v) is 10.0. The first-order chi connectivity index (χ1) is 19.8. The lowest BCUT2D eigenvalue weighted by atomic mass is 9.73. The highest BCUT2D eigenvalue weighted by molar-refractivity contribution is 5.92. The fourth-order valence-corrected chi connectivity index (χ4v) is 5.23. The molecular formula is C33H30FN3O4. The second kappa shape index (κ2) is 11.3. The van der Waals surface area contributed by atoms with E-state index in [1.54, 1.807) is 12.4 Å². The van der Waals surface area contributed by atoms with Crippen molar-refractivity contribution in [1.82, 2.24) is 9.97 Å². The third-order valence-corrected chi connectivity index (χ3v) is 7.53. The lowest BCUT2D eigenvalue weighted by molar-refractivity contribution is 0.0693. The number of allylic oxidation sites excluding steroid dienone is 2. The maximum Gasteiger partial charge on any atom is 0.339 e. The molecule has 41 heavy (non-hydrogen) atoms. The van der Waals surface area contributed by atoms with E-state index in [0.717, 1.165) is 22.1 Å². The molecule has 0 saturated heterocycles. The van der Waals surface area contributed by atoms with E-state index < -0.39 is 17.3 Å². The number of halogens is 1. The molecule has 2 aromatic heterocycles. The first-order valence-corrected chi connectivity index (χ1v) is 13.1. The summed E-state index contributed by atoms with van der Waals surface area (Å²) in [5, 5.41) is 23.3. The van der Waals surface area contributed by atoms with Gasteiger partial charge in [0, 0.05) is 29.3 Å². The number of hydrogen-bond acceptors (Lipinski definition) is 6. The number of aryl methyl sites for hydroxylation is 1. The van der Waals surface area contributed by atoms with Gasteiger partial charge in [-0.1, -0.05) is 55.5 Å². The standard InChI is InChI=1S/C33H30FN3O4/c1-20-7-4-5-8-25(20)26-9-6-13-33(21(26)2,17-28(34)23-10-11-27(32(39)40)29(16-23)41-3)37-31-30-24(12-14-35-31)15-22(19-38)18-36-30/h4-18,21,38H,19H2,1-3H3,(H,35,37)(H,39,40)/b28-17-. The lowest BCUT2D eigenvalue weighted by Gasteiger charge is -2.39. The highest BCUT2D eigenvalue weighted by Crippen LogP contribution is 2.42. The average molecular weight is 552 g/mol. The van der Waals surface area contributed by atoms with Crippen LogP contribution in [0.4, 0.5) is 10.2 Å². The van der Waals surface area contributed by atoms with Crippen LogP contribution in [0.25, 0.3) is 22.3 Å². The van der Waals surface area contributed by atoms with Crippen molar-refractivity contribution in [2.45, 2.75) is 26.0 Å². The van der Waals surface area contributed by atoms with Crippen LogP contribution in [0, 0.1) is 12.8 Å². The quantitative estimate of drug-likeness (QED) is 0.227. The maximum absolute atomic E-state index is 16.2. The molecule has 0 spiro atoms. The molecule has 2 heterocycles. The summed E-state index contributed by atoms with van der Waals surface area (Å²) in [5.41, 5.74) is 3.44. The number of nitrogens with zero attached hydrogens (tertiary/aromatic N) is 2. The van der Waals surface area contributed by atoms with Crippen LogP contribution in [-0.2, 0) is 6.61 Å². The number of rotatable bonds is 8. The molecule has 2 unspecified atom stereocenters. The summed E-state index contributed by atoms with van der Waals surface area (Å²) in [6.07, 6.45) is 10.6. The number of aliphatic hydroxyl groups excluding tert-OH is 1. The Kier molecular flexibility index (Phi) is 7.68. The summed E-state index contributed by atoms with van der Waals surface area (Å²) in [6.45, 7) is 3.92. The van der Waals surface area contributed by atoms with E-state index in [1.807, 2.05) is 68.5 Å². The van der Waals surface area contributed by atoms with E-state index in [9.17, 15) is 15.0 Å². The van der Waals surface area contributed by atoms with E-state index in [-0.39, 0.29) is 29.4 Å². The number of anilines is 1. The number of aromatic carboxylic acids is 1. The smallest absolute Gasteiger partial charge is 0.339 e. The highest BCUT2D eigenvalue weighted by Gasteiger charge is 2.38. The van der Waals surface area contributed by atoms with Crippen LogP contribution in [0.3, 0.4) is 0 Å². The fourth-order valence-electron chi connectivity index (χ4n) is 5.23. The molecule has 208 valence electrons. The number of benzene rings is 2. The molecule has 3 N–H and O–H groups in total. The van der Waals surface area contributed by atoms with Gasteiger partial charge in [0.15, 0.2) is 5.82 Å². The number of aliphatic hydroxyl groups is 1. The third kappa shape index (κ3) is 5.34. The zero-order valence-corrected chi connectivity index (χ0v) is 22.9. The summed E-state index contributed by atoms with van der Waals surface area (Å²) in [6, 6.07) is 15.8. The van der Waals surface area contributed by atoms with E-state index in [1.165, 1.54) is 31.4 Å². The molecule has 0 aliphatic heterocycles. The van der Waals surface area contributed by atoms with Crippen molar-refractivity contribution in [3.63, 3.8) is 0 Å². The van der Waals surface area contributed by atoms with Crippen molar-refractivity contribution >= 4 is 34.1 Å². The van der Waals surface area contributed by atoms with Crippen molar-refractivity contribution < 1.29 is 24.1 Å². The molecule has 8 heteroatoms. The SMILES string of the molecule is COc1cc(/C(F)=C/C2(Nc3nccc4cc(CO)cnc34)C=CC=C(c3ccccc3C)C2C)ccc1C(=O)O. The summed E-state index contributed by atoms with van der Waals surface area (Å²) in [5.74, 6) is -1.48. The minimum atomic E-state index is -1.16. The van der Waals surface area contributed by atoms with E-state index >= 15 is 4.39 Å². The van der Waals surface area contributed by atoms with Crippen LogP contribution < -0.4 is 10.1 Å². The Morgan fingerprint density at radius 1 is 1.17 bits per heavy atom. The monoisotopic (exact) mass is 551 g/mol. The van der Waals surface area contributed by atoms with Crippen molar-refractivity contribution in [1.29, 1.82) is 0 Å². The van der Waals surface area contributed by atoms with E-state index in [4.69, 9.17) is 4.74 Å². The Hall–Kier alpha value is -4.82. The zero-order valence-electron chi connectivity index (χ0n) is 22.9. The molecule has 2 aromatic carbocycles. The van der Waals surface area contributed by atoms with Crippen LogP contribution in [0.15, 0.2) is 91.3 Å². The minimum Gasteiger partial charge on any atom is -0.496 e. The fraction of sp³-hybridized carbons (Fsp3) is 0.182. The van der Waals surface area contributed by atoms with Crippen LogP contribution in [0.2, 0.25) is 0 Å². The number of ether oxygens (including phenoxy) is 1. The average Bonchev–Trinajstić information content (AvgIpc) is 2.98. The maximum atomic E-state index is 16.2. The molecule has 0 saturated carbocycles. The van der Waals surface area contributed by atoms with Crippen LogP contribution in [0.1, 0.15) is 39.5 Å². The van der Waals surface area contributed by atoms with Gasteiger partial charge in [-0.15, -0.1) is 0 Å². The number of carbonyl (C=O) groups is 1. The Morgan fingerprint density at radius 3 is 2.71 bits per heavy atom. The summed E-state index contributed by atoms with van der Waals surface area (Å²) < 4.78 is 21.4. The van der Waals surface area contributed by atoms with Gasteiger partial charge in [0.25, 0.3) is 0 Å². The highest BCUT2D eigenvalue weighted by atomic mass is 19.1. The van der Waals surface area contributed by atoms with Gasteiger partial charge in [-0.3, -0.25) is 4.98 Å². The molecule has 0 bridgehead atoms. The van der Waals surface area contributed by atoms with E-state index in [0.29, 0.717) is 16.9 Å². The minimum absolute atomic E-state index is 0.0548. The summed E-state index contributed by atoms with van der Waals surface area (Å²) >= 11 is 0. The van der Waals surface area contributed by atoms with Gasteiger partial charge in [0.05, 0.1) is 19.3 Å². The number of nitrogens with one attached hydrogen (secondary N) is 1.